The summed E-state index contributed by atoms with van der Waals surface area (Å²) in [5.74, 6) is 0.725. The molecule has 2 heterocycles. The molecule has 0 aromatic rings. The Morgan fingerprint density at radius 2 is 2.00 bits per heavy atom. The molecule has 2 unspecified atom stereocenters. The average Bonchev–Trinajstić information content (AvgIpc) is 2.48. The fourth-order valence-electron chi connectivity index (χ4n) is 3.43. The largest absolute Gasteiger partial charge is 0.395 e. The van der Waals surface area contributed by atoms with Gasteiger partial charge in [-0.25, -0.2) is 0 Å². The Morgan fingerprint density at radius 1 is 1.24 bits per heavy atom. The lowest BCUT2D eigenvalue weighted by Crippen LogP contribution is -2.58. The third-order valence-electron chi connectivity index (χ3n) is 4.60. The van der Waals surface area contributed by atoms with E-state index in [0.29, 0.717) is 6.04 Å². The van der Waals surface area contributed by atoms with Crippen LogP contribution in [-0.4, -0.2) is 86.1 Å². The summed E-state index contributed by atoms with van der Waals surface area (Å²) in [6.07, 6.45) is 2.41. The molecule has 2 aliphatic rings. The molecule has 2 aliphatic heterocycles. The van der Waals surface area contributed by atoms with Crippen LogP contribution >= 0.6 is 0 Å². The molecule has 0 saturated carbocycles. The Labute approximate surface area is 129 Å². The SMILES string of the molecule is CC(C)CC1CN(CCCN2CCOCC2)C(CO)CN1. The molecule has 124 valence electrons. The molecule has 5 nitrogen and oxygen atoms in total. The molecule has 0 radical (unpaired) electrons. The normalized spacial score (nSPS) is 29.1. The summed E-state index contributed by atoms with van der Waals surface area (Å²) in [6, 6.07) is 0.870. The Morgan fingerprint density at radius 3 is 2.67 bits per heavy atom. The van der Waals surface area contributed by atoms with Crippen LogP contribution in [0.1, 0.15) is 26.7 Å². The second kappa shape index (κ2) is 9.06. The lowest BCUT2D eigenvalue weighted by atomic mass is 10.00. The van der Waals surface area contributed by atoms with Gasteiger partial charge in [-0.3, -0.25) is 9.80 Å². The van der Waals surface area contributed by atoms with Crippen LogP contribution in [0.15, 0.2) is 0 Å². The van der Waals surface area contributed by atoms with Crippen molar-refractivity contribution in [2.75, 3.05) is 59.1 Å². The summed E-state index contributed by atoms with van der Waals surface area (Å²) in [5, 5.41) is 13.2. The maximum Gasteiger partial charge on any atom is 0.0599 e. The number of nitrogens with zero attached hydrogens (tertiary/aromatic N) is 2. The summed E-state index contributed by atoms with van der Waals surface area (Å²) >= 11 is 0. The summed E-state index contributed by atoms with van der Waals surface area (Å²) in [5.41, 5.74) is 0. The maximum atomic E-state index is 9.57. The third-order valence-corrected chi connectivity index (χ3v) is 4.60. The van der Waals surface area contributed by atoms with Crippen LogP contribution in [0.4, 0.5) is 0 Å². The molecule has 21 heavy (non-hydrogen) atoms. The zero-order valence-corrected chi connectivity index (χ0v) is 13.8. The van der Waals surface area contributed by atoms with Crippen LogP contribution in [0, 0.1) is 5.92 Å². The van der Waals surface area contributed by atoms with Gasteiger partial charge in [0.15, 0.2) is 0 Å². The Hall–Kier alpha value is -0.200. The zero-order chi connectivity index (χ0) is 15.1. The van der Waals surface area contributed by atoms with Crippen LogP contribution in [0.25, 0.3) is 0 Å². The number of ether oxygens (including phenoxy) is 1. The summed E-state index contributed by atoms with van der Waals surface area (Å²) in [7, 11) is 0. The lowest BCUT2D eigenvalue weighted by Gasteiger charge is -2.40. The van der Waals surface area contributed by atoms with E-state index in [9.17, 15) is 5.11 Å². The number of rotatable bonds is 7. The Balaban J connectivity index is 1.72. The minimum absolute atomic E-state index is 0.263. The maximum absolute atomic E-state index is 9.57. The van der Waals surface area contributed by atoms with Gasteiger partial charge in [-0.15, -0.1) is 0 Å². The van der Waals surface area contributed by atoms with Crippen molar-refractivity contribution in [3.05, 3.63) is 0 Å². The number of nitrogens with one attached hydrogen (secondary N) is 1. The predicted octanol–water partition coefficient (Wildman–Crippen LogP) is 0.390. The standard InChI is InChI=1S/C16H33N3O2/c1-14(2)10-15-12-19(16(13-20)11-17-15)5-3-4-18-6-8-21-9-7-18/h14-17,20H,3-13H2,1-2H3. The van der Waals surface area contributed by atoms with E-state index in [1.54, 1.807) is 0 Å². The molecule has 0 amide bonds. The minimum Gasteiger partial charge on any atom is -0.395 e. The van der Waals surface area contributed by atoms with Gasteiger partial charge >= 0.3 is 0 Å². The van der Waals surface area contributed by atoms with Crippen molar-refractivity contribution >= 4 is 0 Å². The highest BCUT2D eigenvalue weighted by atomic mass is 16.5. The van der Waals surface area contributed by atoms with Crippen molar-refractivity contribution in [1.29, 1.82) is 0 Å². The summed E-state index contributed by atoms with van der Waals surface area (Å²) in [4.78, 5) is 4.98. The van der Waals surface area contributed by atoms with Crippen LogP contribution in [0.5, 0.6) is 0 Å². The summed E-state index contributed by atoms with van der Waals surface area (Å²) in [6.45, 7) is 13.0. The molecule has 0 aromatic heterocycles. The molecule has 2 fully saturated rings. The predicted molar refractivity (Wildman–Crippen MR) is 85.6 cm³/mol. The number of hydrogen-bond donors (Lipinski definition) is 2. The van der Waals surface area contributed by atoms with Gasteiger partial charge in [-0.2, -0.15) is 0 Å². The van der Waals surface area contributed by atoms with Gasteiger partial charge in [0.25, 0.3) is 0 Å². The monoisotopic (exact) mass is 299 g/mol. The third kappa shape index (κ3) is 5.83. The first-order chi connectivity index (χ1) is 10.2. The molecule has 0 aromatic carbocycles. The fourth-order valence-corrected chi connectivity index (χ4v) is 3.43. The minimum atomic E-state index is 0.263. The van der Waals surface area contributed by atoms with E-state index < -0.39 is 0 Å². The zero-order valence-electron chi connectivity index (χ0n) is 13.8. The van der Waals surface area contributed by atoms with E-state index in [-0.39, 0.29) is 12.6 Å². The number of morpholine rings is 1. The van der Waals surface area contributed by atoms with Crippen molar-refractivity contribution in [2.45, 2.75) is 38.8 Å². The Kier molecular flexibility index (Phi) is 7.40. The molecule has 2 atom stereocenters. The smallest absolute Gasteiger partial charge is 0.0599 e. The van der Waals surface area contributed by atoms with Gasteiger partial charge in [0, 0.05) is 38.3 Å². The van der Waals surface area contributed by atoms with E-state index in [4.69, 9.17) is 4.74 Å². The number of aliphatic hydroxyl groups is 1. The van der Waals surface area contributed by atoms with Gasteiger partial charge in [-0.05, 0) is 31.8 Å². The molecule has 0 spiro atoms. The second-order valence-corrected chi connectivity index (χ2v) is 6.87. The van der Waals surface area contributed by atoms with Crippen LogP contribution in [0.3, 0.4) is 0 Å². The van der Waals surface area contributed by atoms with E-state index >= 15 is 0 Å². The molecule has 0 aliphatic carbocycles. The van der Waals surface area contributed by atoms with E-state index in [1.165, 1.54) is 12.8 Å². The highest BCUT2D eigenvalue weighted by Crippen LogP contribution is 2.14. The van der Waals surface area contributed by atoms with Crippen LogP contribution in [-0.2, 0) is 4.74 Å². The second-order valence-electron chi connectivity index (χ2n) is 6.87. The summed E-state index contributed by atoms with van der Waals surface area (Å²) < 4.78 is 5.39. The first kappa shape index (κ1) is 17.2. The highest BCUT2D eigenvalue weighted by molar-refractivity contribution is 4.86. The molecular formula is C16H33N3O2. The molecular weight excluding hydrogens is 266 g/mol. The van der Waals surface area contributed by atoms with Gasteiger partial charge in [0.2, 0.25) is 0 Å². The van der Waals surface area contributed by atoms with Gasteiger partial charge in [0.1, 0.15) is 0 Å². The highest BCUT2D eigenvalue weighted by Gasteiger charge is 2.27. The van der Waals surface area contributed by atoms with Gasteiger partial charge < -0.3 is 15.2 Å². The quantitative estimate of drug-likeness (QED) is 0.712. The lowest BCUT2D eigenvalue weighted by molar-refractivity contribution is 0.0317. The molecule has 2 rings (SSSR count). The topological polar surface area (TPSA) is 48.0 Å². The van der Waals surface area contributed by atoms with Gasteiger partial charge in [-0.1, -0.05) is 13.8 Å². The molecule has 2 saturated heterocycles. The van der Waals surface area contributed by atoms with Crippen molar-refractivity contribution in [3.8, 4) is 0 Å². The van der Waals surface area contributed by atoms with Gasteiger partial charge in [0.05, 0.1) is 19.8 Å². The molecule has 5 heteroatoms. The molecule has 2 N–H and O–H groups in total. The van der Waals surface area contributed by atoms with Crippen molar-refractivity contribution in [3.63, 3.8) is 0 Å². The molecule has 0 bridgehead atoms. The first-order valence-electron chi connectivity index (χ1n) is 8.57. The van der Waals surface area contributed by atoms with Crippen LogP contribution < -0.4 is 5.32 Å². The Bertz CT molecular complexity index is 283. The van der Waals surface area contributed by atoms with Crippen molar-refractivity contribution in [1.82, 2.24) is 15.1 Å². The average molecular weight is 299 g/mol. The number of piperazine rings is 1. The van der Waals surface area contributed by atoms with Crippen LogP contribution in [0.2, 0.25) is 0 Å². The number of aliphatic hydroxyl groups excluding tert-OH is 1. The van der Waals surface area contributed by atoms with Crippen molar-refractivity contribution < 1.29 is 9.84 Å². The number of hydrogen-bond acceptors (Lipinski definition) is 5. The fraction of sp³-hybridized carbons (Fsp3) is 1.00. The van der Waals surface area contributed by atoms with E-state index in [2.05, 4.69) is 29.0 Å². The van der Waals surface area contributed by atoms with E-state index in [0.717, 1.165) is 58.4 Å². The first-order valence-corrected chi connectivity index (χ1v) is 8.57. The van der Waals surface area contributed by atoms with Crippen molar-refractivity contribution in [2.24, 2.45) is 5.92 Å². The van der Waals surface area contributed by atoms with E-state index in [1.807, 2.05) is 0 Å².